The first-order valence-corrected chi connectivity index (χ1v) is 6.63. The highest BCUT2D eigenvalue weighted by molar-refractivity contribution is 6.32. The molecule has 102 valence electrons. The van der Waals surface area contributed by atoms with E-state index in [4.69, 9.17) is 21.1 Å². The lowest BCUT2D eigenvalue weighted by atomic mass is 10.2. The Morgan fingerprint density at radius 3 is 2.89 bits per heavy atom. The minimum absolute atomic E-state index is 0.0897. The van der Waals surface area contributed by atoms with Gasteiger partial charge in [-0.05, 0) is 44.5 Å². The van der Waals surface area contributed by atoms with Crippen LogP contribution in [0, 0.1) is 6.92 Å². The van der Waals surface area contributed by atoms with Crippen LogP contribution in [0.5, 0.6) is 5.75 Å². The Hall–Kier alpha value is -0.770. The Labute approximate surface area is 114 Å². The predicted octanol–water partition coefficient (Wildman–Crippen LogP) is 3.04. The van der Waals surface area contributed by atoms with E-state index in [-0.39, 0.29) is 6.10 Å². The highest BCUT2D eigenvalue weighted by Crippen LogP contribution is 2.26. The van der Waals surface area contributed by atoms with Crippen LogP contribution in [0.3, 0.4) is 0 Å². The molecule has 1 unspecified atom stereocenters. The van der Waals surface area contributed by atoms with Crippen LogP contribution in [0.15, 0.2) is 18.2 Å². The van der Waals surface area contributed by atoms with E-state index in [2.05, 4.69) is 5.32 Å². The predicted molar refractivity (Wildman–Crippen MR) is 75.6 cm³/mol. The van der Waals surface area contributed by atoms with Crippen LogP contribution >= 0.6 is 11.6 Å². The van der Waals surface area contributed by atoms with E-state index in [0.717, 1.165) is 37.4 Å². The third kappa shape index (κ3) is 5.71. The molecule has 0 aliphatic heterocycles. The number of methoxy groups -OCH3 is 1. The molecule has 1 rings (SSSR count). The van der Waals surface area contributed by atoms with Gasteiger partial charge in [-0.1, -0.05) is 17.7 Å². The van der Waals surface area contributed by atoms with Crippen LogP contribution in [-0.4, -0.2) is 32.9 Å². The lowest BCUT2D eigenvalue weighted by Gasteiger charge is -2.16. The van der Waals surface area contributed by atoms with E-state index < -0.39 is 0 Å². The molecule has 0 aliphatic rings. The number of aryl methyl sites for hydroxylation is 1. The monoisotopic (exact) mass is 271 g/mol. The fourth-order valence-electron chi connectivity index (χ4n) is 1.61. The maximum Gasteiger partial charge on any atom is 0.138 e. The van der Waals surface area contributed by atoms with Gasteiger partial charge in [0.05, 0.1) is 5.02 Å². The van der Waals surface area contributed by atoms with E-state index in [1.54, 1.807) is 7.11 Å². The highest BCUT2D eigenvalue weighted by atomic mass is 35.5. The lowest BCUT2D eigenvalue weighted by molar-refractivity contribution is 0.188. The second-order valence-electron chi connectivity index (χ2n) is 4.41. The summed E-state index contributed by atoms with van der Waals surface area (Å²) in [6.45, 7) is 6.57. The first kappa shape index (κ1) is 15.3. The molecule has 0 fully saturated rings. The molecule has 0 heterocycles. The Morgan fingerprint density at radius 1 is 1.39 bits per heavy atom. The topological polar surface area (TPSA) is 30.5 Å². The molecule has 1 N–H and O–H groups in total. The zero-order valence-electron chi connectivity index (χ0n) is 11.3. The van der Waals surface area contributed by atoms with E-state index in [1.807, 2.05) is 32.0 Å². The van der Waals surface area contributed by atoms with Crippen molar-refractivity contribution < 1.29 is 9.47 Å². The van der Waals surface area contributed by atoms with E-state index in [1.165, 1.54) is 0 Å². The fourth-order valence-corrected chi connectivity index (χ4v) is 1.77. The summed E-state index contributed by atoms with van der Waals surface area (Å²) >= 11 is 6.08. The average molecular weight is 272 g/mol. The van der Waals surface area contributed by atoms with Crippen LogP contribution < -0.4 is 10.1 Å². The molecular weight excluding hydrogens is 250 g/mol. The van der Waals surface area contributed by atoms with Gasteiger partial charge in [-0.3, -0.25) is 0 Å². The molecule has 0 saturated carbocycles. The Balaban J connectivity index is 2.30. The van der Waals surface area contributed by atoms with Gasteiger partial charge >= 0.3 is 0 Å². The largest absolute Gasteiger partial charge is 0.488 e. The normalized spacial score (nSPS) is 12.4. The van der Waals surface area contributed by atoms with Crippen LogP contribution in [0.4, 0.5) is 0 Å². The van der Waals surface area contributed by atoms with E-state index in [9.17, 15) is 0 Å². The zero-order chi connectivity index (χ0) is 13.4. The molecule has 1 aromatic rings. The third-order valence-electron chi connectivity index (χ3n) is 2.55. The number of ether oxygens (including phenoxy) is 2. The Bertz CT molecular complexity index is 358. The Kier molecular flexibility index (Phi) is 7.09. The summed E-state index contributed by atoms with van der Waals surface area (Å²) in [6, 6.07) is 5.80. The molecule has 1 atom stereocenters. The zero-order valence-corrected chi connectivity index (χ0v) is 12.1. The molecule has 0 amide bonds. The fraction of sp³-hybridized carbons (Fsp3) is 0.571. The molecule has 0 spiro atoms. The number of rotatable bonds is 8. The Morgan fingerprint density at radius 2 is 2.17 bits per heavy atom. The second-order valence-corrected chi connectivity index (χ2v) is 4.82. The minimum Gasteiger partial charge on any atom is -0.488 e. The summed E-state index contributed by atoms with van der Waals surface area (Å²) < 4.78 is 10.8. The molecule has 0 saturated heterocycles. The summed E-state index contributed by atoms with van der Waals surface area (Å²) in [7, 11) is 1.71. The van der Waals surface area contributed by atoms with Crippen LogP contribution in [0.2, 0.25) is 5.02 Å². The molecule has 0 radical (unpaired) electrons. The molecule has 0 aromatic heterocycles. The molecule has 18 heavy (non-hydrogen) atoms. The van der Waals surface area contributed by atoms with Gasteiger partial charge in [-0.15, -0.1) is 0 Å². The van der Waals surface area contributed by atoms with Crippen molar-refractivity contribution in [1.29, 1.82) is 0 Å². The van der Waals surface area contributed by atoms with Crippen molar-refractivity contribution in [2.75, 3.05) is 26.8 Å². The van der Waals surface area contributed by atoms with Crippen molar-refractivity contribution in [2.24, 2.45) is 0 Å². The maximum atomic E-state index is 6.08. The van der Waals surface area contributed by atoms with Crippen molar-refractivity contribution in [3.05, 3.63) is 28.8 Å². The van der Waals surface area contributed by atoms with Gasteiger partial charge in [0.2, 0.25) is 0 Å². The summed E-state index contributed by atoms with van der Waals surface area (Å²) in [5, 5.41) is 3.99. The smallest absolute Gasteiger partial charge is 0.138 e. The summed E-state index contributed by atoms with van der Waals surface area (Å²) in [4.78, 5) is 0. The first-order chi connectivity index (χ1) is 8.63. The average Bonchev–Trinajstić information content (AvgIpc) is 2.33. The quantitative estimate of drug-likeness (QED) is 0.737. The van der Waals surface area contributed by atoms with Crippen LogP contribution in [0.1, 0.15) is 18.9 Å². The third-order valence-corrected chi connectivity index (χ3v) is 2.86. The number of halogens is 1. The molecule has 4 heteroatoms. The maximum absolute atomic E-state index is 6.08. The number of nitrogens with one attached hydrogen (secondary N) is 1. The first-order valence-electron chi connectivity index (χ1n) is 6.26. The van der Waals surface area contributed by atoms with Gasteiger partial charge in [-0.2, -0.15) is 0 Å². The van der Waals surface area contributed by atoms with Crippen molar-refractivity contribution >= 4 is 11.6 Å². The summed E-state index contributed by atoms with van der Waals surface area (Å²) in [5.74, 6) is 0.753. The summed E-state index contributed by atoms with van der Waals surface area (Å²) in [6.07, 6.45) is 1.10. The lowest BCUT2D eigenvalue weighted by Crippen LogP contribution is -2.30. The molecular formula is C14H22ClNO2. The highest BCUT2D eigenvalue weighted by Gasteiger charge is 2.07. The van der Waals surface area contributed by atoms with Crippen molar-refractivity contribution in [1.82, 2.24) is 5.32 Å². The van der Waals surface area contributed by atoms with Gasteiger partial charge < -0.3 is 14.8 Å². The van der Waals surface area contributed by atoms with Gasteiger partial charge in [-0.25, -0.2) is 0 Å². The van der Waals surface area contributed by atoms with Gasteiger partial charge in [0.1, 0.15) is 11.9 Å². The summed E-state index contributed by atoms with van der Waals surface area (Å²) in [5.41, 5.74) is 1.15. The minimum atomic E-state index is 0.0897. The second kappa shape index (κ2) is 8.35. The van der Waals surface area contributed by atoms with Gasteiger partial charge in [0.15, 0.2) is 0 Å². The SMILES string of the molecule is COCCCNCC(C)Oc1cc(C)ccc1Cl. The standard InChI is InChI=1S/C14H22ClNO2/c1-11-5-6-13(15)14(9-11)18-12(2)10-16-7-4-8-17-3/h5-6,9,12,16H,4,7-8,10H2,1-3H3. The van der Waals surface area contributed by atoms with Crippen LogP contribution in [-0.2, 0) is 4.74 Å². The van der Waals surface area contributed by atoms with Crippen LogP contribution in [0.25, 0.3) is 0 Å². The van der Waals surface area contributed by atoms with E-state index in [0.29, 0.717) is 5.02 Å². The van der Waals surface area contributed by atoms with Crippen molar-refractivity contribution in [2.45, 2.75) is 26.4 Å². The number of benzene rings is 1. The van der Waals surface area contributed by atoms with Crippen molar-refractivity contribution in [3.8, 4) is 5.75 Å². The number of hydrogen-bond donors (Lipinski definition) is 1. The molecule has 3 nitrogen and oxygen atoms in total. The number of hydrogen-bond acceptors (Lipinski definition) is 3. The van der Waals surface area contributed by atoms with Crippen molar-refractivity contribution in [3.63, 3.8) is 0 Å². The van der Waals surface area contributed by atoms with Gasteiger partial charge in [0.25, 0.3) is 0 Å². The molecule has 0 aliphatic carbocycles. The van der Waals surface area contributed by atoms with Gasteiger partial charge in [0, 0.05) is 20.3 Å². The molecule has 1 aromatic carbocycles. The van der Waals surface area contributed by atoms with E-state index >= 15 is 0 Å². The molecule has 0 bridgehead atoms.